The molecule has 1 aromatic heterocycles. The van der Waals surface area contributed by atoms with Gasteiger partial charge in [0.05, 0.1) is 0 Å². The van der Waals surface area contributed by atoms with Crippen LogP contribution in [0, 0.1) is 0 Å². The fourth-order valence-corrected chi connectivity index (χ4v) is 2.42. The number of piperidine rings is 1. The zero-order valence-corrected chi connectivity index (χ0v) is 11.8. The Hall–Kier alpha value is -1.43. The van der Waals surface area contributed by atoms with E-state index in [9.17, 15) is 4.79 Å². The third-order valence-electron chi connectivity index (χ3n) is 3.53. The van der Waals surface area contributed by atoms with E-state index in [1.807, 2.05) is 6.92 Å². The first-order valence-electron chi connectivity index (χ1n) is 7.17. The number of nitrogens with one attached hydrogen (secondary N) is 2. The minimum Gasteiger partial charge on any atom is -0.346 e. The van der Waals surface area contributed by atoms with Gasteiger partial charge >= 0.3 is 0 Å². The Morgan fingerprint density at radius 2 is 2.16 bits per heavy atom. The van der Waals surface area contributed by atoms with Gasteiger partial charge in [0.2, 0.25) is 5.82 Å². The summed E-state index contributed by atoms with van der Waals surface area (Å²) in [7, 11) is 0. The first-order valence-corrected chi connectivity index (χ1v) is 7.17. The van der Waals surface area contributed by atoms with Crippen LogP contribution in [0.1, 0.15) is 49.6 Å². The summed E-state index contributed by atoms with van der Waals surface area (Å²) >= 11 is 0. The second kappa shape index (κ2) is 6.65. The zero-order valence-electron chi connectivity index (χ0n) is 11.8. The maximum absolute atomic E-state index is 12.0. The number of carbonyl (C=O) groups is 1. The van der Waals surface area contributed by atoms with E-state index in [4.69, 9.17) is 0 Å². The lowest BCUT2D eigenvalue weighted by Gasteiger charge is -2.31. The molecule has 0 unspecified atom stereocenters. The normalized spacial score (nSPS) is 17.6. The van der Waals surface area contributed by atoms with Gasteiger partial charge in [0, 0.05) is 25.6 Å². The summed E-state index contributed by atoms with van der Waals surface area (Å²) in [5.74, 6) is 0.848. The Bertz CT molecular complexity index is 409. The highest BCUT2D eigenvalue weighted by molar-refractivity contribution is 5.90. The predicted molar refractivity (Wildman–Crippen MR) is 73.0 cm³/mol. The molecule has 2 heterocycles. The van der Waals surface area contributed by atoms with Gasteiger partial charge in [0.1, 0.15) is 5.82 Å². The highest BCUT2D eigenvalue weighted by Gasteiger charge is 2.22. The van der Waals surface area contributed by atoms with Gasteiger partial charge in [-0.25, -0.2) is 4.98 Å². The standard InChI is InChI=1S/C13H23N5O/c1-3-7-18-8-5-10(6-9-18)14-13(19)12-15-11(4-2)16-17-12/h10H,3-9H2,1-2H3,(H,14,19)(H,15,16,17). The molecule has 1 aliphatic rings. The molecule has 1 amide bonds. The van der Waals surface area contributed by atoms with Gasteiger partial charge in [0.15, 0.2) is 0 Å². The molecule has 1 fully saturated rings. The van der Waals surface area contributed by atoms with E-state index in [2.05, 4.69) is 32.3 Å². The molecule has 6 heteroatoms. The van der Waals surface area contributed by atoms with Gasteiger partial charge in [-0.15, -0.1) is 5.10 Å². The third kappa shape index (κ3) is 3.76. The van der Waals surface area contributed by atoms with Crippen molar-refractivity contribution in [1.82, 2.24) is 25.4 Å². The van der Waals surface area contributed by atoms with E-state index in [1.54, 1.807) is 0 Å². The third-order valence-corrected chi connectivity index (χ3v) is 3.53. The highest BCUT2D eigenvalue weighted by Crippen LogP contribution is 2.11. The average Bonchev–Trinajstić information content (AvgIpc) is 2.90. The van der Waals surface area contributed by atoms with Crippen molar-refractivity contribution in [2.75, 3.05) is 19.6 Å². The Morgan fingerprint density at radius 1 is 1.42 bits per heavy atom. The Kier molecular flexibility index (Phi) is 4.90. The molecule has 0 aromatic carbocycles. The molecule has 0 saturated carbocycles. The molecule has 1 aromatic rings. The number of amides is 1. The van der Waals surface area contributed by atoms with Gasteiger partial charge < -0.3 is 10.2 Å². The first-order chi connectivity index (χ1) is 9.22. The van der Waals surface area contributed by atoms with Gasteiger partial charge in [-0.1, -0.05) is 13.8 Å². The van der Waals surface area contributed by atoms with Gasteiger partial charge in [0.25, 0.3) is 5.91 Å². The number of H-pyrrole nitrogens is 1. The first kappa shape index (κ1) is 14.0. The fraction of sp³-hybridized carbons (Fsp3) is 0.769. The summed E-state index contributed by atoms with van der Waals surface area (Å²) in [6, 6.07) is 0.254. The van der Waals surface area contributed by atoms with E-state index in [-0.39, 0.29) is 17.8 Å². The molecular formula is C13H23N5O. The number of hydrogen-bond donors (Lipinski definition) is 2. The van der Waals surface area contributed by atoms with Crippen molar-refractivity contribution in [2.24, 2.45) is 0 Å². The molecule has 2 rings (SSSR count). The van der Waals surface area contributed by atoms with Crippen molar-refractivity contribution in [3.8, 4) is 0 Å². The number of aryl methyl sites for hydroxylation is 1. The minimum absolute atomic E-state index is 0.162. The lowest BCUT2D eigenvalue weighted by molar-refractivity contribution is 0.0901. The monoisotopic (exact) mass is 265 g/mol. The van der Waals surface area contributed by atoms with Gasteiger partial charge in [-0.3, -0.25) is 9.89 Å². The van der Waals surface area contributed by atoms with Crippen molar-refractivity contribution in [3.05, 3.63) is 11.6 Å². The second-order valence-corrected chi connectivity index (χ2v) is 5.05. The molecule has 106 valence electrons. The van der Waals surface area contributed by atoms with Crippen LogP contribution < -0.4 is 5.32 Å². The van der Waals surface area contributed by atoms with E-state index < -0.39 is 0 Å². The van der Waals surface area contributed by atoms with Crippen LogP contribution in [0.4, 0.5) is 0 Å². The molecule has 0 aliphatic carbocycles. The molecule has 19 heavy (non-hydrogen) atoms. The number of aromatic amines is 1. The summed E-state index contributed by atoms with van der Waals surface area (Å²) in [6.07, 6.45) is 3.97. The lowest BCUT2D eigenvalue weighted by Crippen LogP contribution is -2.45. The van der Waals surface area contributed by atoms with Gasteiger partial charge in [-0.05, 0) is 25.8 Å². The molecule has 0 atom stereocenters. The summed E-state index contributed by atoms with van der Waals surface area (Å²) in [6.45, 7) is 7.45. The fourth-order valence-electron chi connectivity index (χ4n) is 2.42. The predicted octanol–water partition coefficient (Wildman–Crippen LogP) is 0.971. The Balaban J connectivity index is 1.80. The number of carbonyl (C=O) groups excluding carboxylic acids is 1. The van der Waals surface area contributed by atoms with Crippen LogP contribution >= 0.6 is 0 Å². The Morgan fingerprint density at radius 3 is 2.74 bits per heavy atom. The molecule has 6 nitrogen and oxygen atoms in total. The van der Waals surface area contributed by atoms with Crippen LogP contribution in [-0.2, 0) is 6.42 Å². The van der Waals surface area contributed by atoms with Crippen molar-refractivity contribution >= 4 is 5.91 Å². The van der Waals surface area contributed by atoms with E-state index in [0.717, 1.165) is 44.7 Å². The minimum atomic E-state index is -0.162. The number of nitrogens with zero attached hydrogens (tertiary/aromatic N) is 3. The second-order valence-electron chi connectivity index (χ2n) is 5.05. The van der Waals surface area contributed by atoms with Gasteiger partial charge in [-0.2, -0.15) is 0 Å². The van der Waals surface area contributed by atoms with Crippen molar-refractivity contribution in [1.29, 1.82) is 0 Å². The zero-order chi connectivity index (χ0) is 13.7. The van der Waals surface area contributed by atoms with Crippen molar-refractivity contribution in [2.45, 2.75) is 45.6 Å². The Labute approximate surface area is 114 Å². The molecule has 0 spiro atoms. The topological polar surface area (TPSA) is 73.9 Å². The SMILES string of the molecule is CCCN1CCC(NC(=O)c2n[nH]c(CC)n2)CC1. The quantitative estimate of drug-likeness (QED) is 0.832. The highest BCUT2D eigenvalue weighted by atomic mass is 16.2. The smallest absolute Gasteiger partial charge is 0.291 e. The summed E-state index contributed by atoms with van der Waals surface area (Å²) in [5.41, 5.74) is 0. The maximum atomic E-state index is 12.0. The molecule has 1 saturated heterocycles. The molecule has 0 radical (unpaired) electrons. The lowest BCUT2D eigenvalue weighted by atomic mass is 10.0. The van der Waals surface area contributed by atoms with E-state index >= 15 is 0 Å². The number of likely N-dealkylation sites (tertiary alicyclic amines) is 1. The summed E-state index contributed by atoms with van der Waals surface area (Å²) in [5, 5.41) is 9.73. The largest absolute Gasteiger partial charge is 0.346 e. The number of aromatic nitrogens is 3. The van der Waals surface area contributed by atoms with Crippen LogP contribution in [0.25, 0.3) is 0 Å². The van der Waals surface area contributed by atoms with E-state index in [0.29, 0.717) is 0 Å². The molecule has 1 aliphatic heterocycles. The van der Waals surface area contributed by atoms with Crippen LogP contribution in [0.5, 0.6) is 0 Å². The summed E-state index contributed by atoms with van der Waals surface area (Å²) in [4.78, 5) is 18.6. The van der Waals surface area contributed by atoms with E-state index in [1.165, 1.54) is 6.42 Å². The van der Waals surface area contributed by atoms with Crippen molar-refractivity contribution < 1.29 is 4.79 Å². The number of hydrogen-bond acceptors (Lipinski definition) is 4. The van der Waals surface area contributed by atoms with Crippen molar-refractivity contribution in [3.63, 3.8) is 0 Å². The molecular weight excluding hydrogens is 242 g/mol. The maximum Gasteiger partial charge on any atom is 0.291 e. The van der Waals surface area contributed by atoms with Crippen LogP contribution in [0.2, 0.25) is 0 Å². The van der Waals surface area contributed by atoms with Crippen LogP contribution in [0.3, 0.4) is 0 Å². The average molecular weight is 265 g/mol. The molecule has 0 bridgehead atoms. The summed E-state index contributed by atoms with van der Waals surface area (Å²) < 4.78 is 0. The van der Waals surface area contributed by atoms with Crippen LogP contribution in [0.15, 0.2) is 0 Å². The number of rotatable bonds is 5. The molecule has 2 N–H and O–H groups in total. The van der Waals surface area contributed by atoms with Crippen LogP contribution in [-0.4, -0.2) is 51.7 Å².